The van der Waals surface area contributed by atoms with Crippen molar-refractivity contribution in [1.82, 2.24) is 4.90 Å². The van der Waals surface area contributed by atoms with Gasteiger partial charge >= 0.3 is 6.03 Å². The maximum Gasteiger partial charge on any atom is 0.322 e. The van der Waals surface area contributed by atoms with Crippen LogP contribution in [0.5, 0.6) is 0 Å². The number of urea groups is 1. The first-order chi connectivity index (χ1) is 8.61. The van der Waals surface area contributed by atoms with Crippen LogP contribution in [-0.4, -0.2) is 35.2 Å². The van der Waals surface area contributed by atoms with Crippen LogP contribution in [0.2, 0.25) is 0 Å². The van der Waals surface area contributed by atoms with Crippen molar-refractivity contribution in [2.45, 2.75) is 32.7 Å². The van der Waals surface area contributed by atoms with Crippen molar-refractivity contribution in [3.63, 3.8) is 0 Å². The number of aliphatic hydroxyl groups is 1. The number of carbonyl (C=O) groups is 1. The molecular weight excluding hydrogens is 228 g/mol. The maximum atomic E-state index is 12.1. The summed E-state index contributed by atoms with van der Waals surface area (Å²) in [6.45, 7) is 4.84. The smallest absolute Gasteiger partial charge is 0.322 e. The van der Waals surface area contributed by atoms with Gasteiger partial charge in [0.1, 0.15) is 0 Å². The second-order valence-electron chi connectivity index (χ2n) is 4.90. The maximum absolute atomic E-state index is 12.1. The minimum Gasteiger partial charge on any atom is -0.394 e. The van der Waals surface area contributed by atoms with E-state index in [0.717, 1.165) is 30.6 Å². The van der Waals surface area contributed by atoms with Crippen molar-refractivity contribution in [2.24, 2.45) is 0 Å². The van der Waals surface area contributed by atoms with E-state index in [4.69, 9.17) is 0 Å². The summed E-state index contributed by atoms with van der Waals surface area (Å²) in [5.41, 5.74) is 3.18. The molecule has 2 rings (SSSR count). The Labute approximate surface area is 108 Å². The van der Waals surface area contributed by atoms with Gasteiger partial charge in [0.05, 0.1) is 12.6 Å². The number of rotatable bonds is 2. The Morgan fingerprint density at radius 3 is 2.89 bits per heavy atom. The number of aryl methyl sites for hydroxylation is 2. The average Bonchev–Trinajstić information content (AvgIpc) is 2.82. The third-order valence-corrected chi connectivity index (χ3v) is 3.61. The standard InChI is InChI=1S/C14H20N2O2/c1-10-5-6-12(8-11(10)2)15-14(18)16-7-3-4-13(16)9-17/h5-6,8,13,17H,3-4,7,9H2,1-2H3,(H,15,18)/t13-/m0/s1. The Morgan fingerprint density at radius 2 is 2.22 bits per heavy atom. The number of anilines is 1. The summed E-state index contributed by atoms with van der Waals surface area (Å²) in [5, 5.41) is 12.1. The van der Waals surface area contributed by atoms with E-state index in [1.807, 2.05) is 32.0 Å². The van der Waals surface area contributed by atoms with E-state index in [1.165, 1.54) is 5.56 Å². The zero-order valence-corrected chi connectivity index (χ0v) is 10.9. The second kappa shape index (κ2) is 5.40. The molecule has 2 amide bonds. The molecule has 1 atom stereocenters. The van der Waals surface area contributed by atoms with Gasteiger partial charge in [0, 0.05) is 12.2 Å². The summed E-state index contributed by atoms with van der Waals surface area (Å²) < 4.78 is 0. The minimum atomic E-state index is -0.116. The molecule has 1 aliphatic heterocycles. The third kappa shape index (κ3) is 2.64. The van der Waals surface area contributed by atoms with E-state index in [-0.39, 0.29) is 18.7 Å². The monoisotopic (exact) mass is 248 g/mol. The summed E-state index contributed by atoms with van der Waals surface area (Å²) in [5.74, 6) is 0. The highest BCUT2D eigenvalue weighted by atomic mass is 16.3. The lowest BCUT2D eigenvalue weighted by atomic mass is 10.1. The molecular formula is C14H20N2O2. The summed E-state index contributed by atoms with van der Waals surface area (Å²) in [4.78, 5) is 13.8. The van der Waals surface area contributed by atoms with Gasteiger partial charge in [-0.05, 0) is 49.9 Å². The van der Waals surface area contributed by atoms with Crippen LogP contribution in [-0.2, 0) is 0 Å². The third-order valence-electron chi connectivity index (χ3n) is 3.61. The van der Waals surface area contributed by atoms with Gasteiger partial charge in [-0.1, -0.05) is 6.07 Å². The molecule has 18 heavy (non-hydrogen) atoms. The lowest BCUT2D eigenvalue weighted by Gasteiger charge is -2.23. The predicted molar refractivity (Wildman–Crippen MR) is 71.7 cm³/mol. The second-order valence-corrected chi connectivity index (χ2v) is 4.90. The van der Waals surface area contributed by atoms with Gasteiger partial charge in [-0.15, -0.1) is 0 Å². The van der Waals surface area contributed by atoms with Crippen LogP contribution < -0.4 is 5.32 Å². The SMILES string of the molecule is Cc1ccc(NC(=O)N2CCC[C@H]2CO)cc1C. The molecule has 0 unspecified atom stereocenters. The topological polar surface area (TPSA) is 52.6 Å². The molecule has 2 N–H and O–H groups in total. The molecule has 0 aromatic heterocycles. The van der Waals surface area contributed by atoms with Crippen LogP contribution >= 0.6 is 0 Å². The molecule has 0 radical (unpaired) electrons. The molecule has 1 heterocycles. The van der Waals surface area contributed by atoms with Crippen LogP contribution in [0.15, 0.2) is 18.2 Å². The summed E-state index contributed by atoms with van der Waals surface area (Å²) in [6.07, 6.45) is 1.85. The molecule has 0 saturated carbocycles. The summed E-state index contributed by atoms with van der Waals surface area (Å²) in [7, 11) is 0. The number of hydrogen-bond acceptors (Lipinski definition) is 2. The van der Waals surface area contributed by atoms with Crippen molar-refractivity contribution in [1.29, 1.82) is 0 Å². The van der Waals surface area contributed by atoms with Crippen LogP contribution in [0, 0.1) is 13.8 Å². The fourth-order valence-corrected chi connectivity index (χ4v) is 2.31. The van der Waals surface area contributed by atoms with E-state index in [0.29, 0.717) is 0 Å². The fourth-order valence-electron chi connectivity index (χ4n) is 2.31. The Hall–Kier alpha value is -1.55. The lowest BCUT2D eigenvalue weighted by Crippen LogP contribution is -2.40. The lowest BCUT2D eigenvalue weighted by molar-refractivity contribution is 0.166. The van der Waals surface area contributed by atoms with Gasteiger partial charge < -0.3 is 15.3 Å². The highest BCUT2D eigenvalue weighted by Crippen LogP contribution is 2.19. The van der Waals surface area contributed by atoms with Gasteiger partial charge in [-0.2, -0.15) is 0 Å². The summed E-state index contributed by atoms with van der Waals surface area (Å²) in [6, 6.07) is 5.73. The number of likely N-dealkylation sites (tertiary alicyclic amines) is 1. The zero-order chi connectivity index (χ0) is 13.1. The molecule has 0 aliphatic carbocycles. The first-order valence-corrected chi connectivity index (χ1v) is 6.37. The molecule has 0 spiro atoms. The first kappa shape index (κ1) is 12.9. The Balaban J connectivity index is 2.04. The van der Waals surface area contributed by atoms with Crippen molar-refractivity contribution in [3.05, 3.63) is 29.3 Å². The number of benzene rings is 1. The molecule has 98 valence electrons. The molecule has 1 fully saturated rings. The van der Waals surface area contributed by atoms with E-state index in [2.05, 4.69) is 5.32 Å². The molecule has 1 saturated heterocycles. The number of hydrogen-bond donors (Lipinski definition) is 2. The van der Waals surface area contributed by atoms with E-state index >= 15 is 0 Å². The molecule has 1 aliphatic rings. The van der Waals surface area contributed by atoms with Crippen LogP contribution in [0.1, 0.15) is 24.0 Å². The Kier molecular flexibility index (Phi) is 3.87. The van der Waals surface area contributed by atoms with E-state index < -0.39 is 0 Å². The molecule has 1 aromatic rings. The van der Waals surface area contributed by atoms with Crippen molar-refractivity contribution in [3.8, 4) is 0 Å². The fraction of sp³-hybridized carbons (Fsp3) is 0.500. The van der Waals surface area contributed by atoms with Crippen LogP contribution in [0.4, 0.5) is 10.5 Å². The number of amides is 2. The van der Waals surface area contributed by atoms with E-state index in [1.54, 1.807) is 4.90 Å². The summed E-state index contributed by atoms with van der Waals surface area (Å²) >= 11 is 0. The van der Waals surface area contributed by atoms with Crippen LogP contribution in [0.3, 0.4) is 0 Å². The van der Waals surface area contributed by atoms with Gasteiger partial charge in [0.25, 0.3) is 0 Å². The van der Waals surface area contributed by atoms with Gasteiger partial charge in [-0.25, -0.2) is 4.79 Å². The average molecular weight is 248 g/mol. The predicted octanol–water partition coefficient (Wildman–Crippen LogP) is 2.29. The number of nitrogens with zero attached hydrogens (tertiary/aromatic N) is 1. The first-order valence-electron chi connectivity index (χ1n) is 6.37. The van der Waals surface area contributed by atoms with Crippen molar-refractivity contribution >= 4 is 11.7 Å². The highest BCUT2D eigenvalue weighted by molar-refractivity contribution is 5.89. The molecule has 4 heteroatoms. The van der Waals surface area contributed by atoms with Crippen molar-refractivity contribution < 1.29 is 9.90 Å². The number of aliphatic hydroxyl groups excluding tert-OH is 1. The van der Waals surface area contributed by atoms with Gasteiger partial charge in [-0.3, -0.25) is 0 Å². The largest absolute Gasteiger partial charge is 0.394 e. The molecule has 4 nitrogen and oxygen atoms in total. The normalized spacial score (nSPS) is 19.1. The van der Waals surface area contributed by atoms with Gasteiger partial charge in [0.2, 0.25) is 0 Å². The van der Waals surface area contributed by atoms with Crippen molar-refractivity contribution in [2.75, 3.05) is 18.5 Å². The quantitative estimate of drug-likeness (QED) is 0.843. The number of carbonyl (C=O) groups excluding carboxylic acids is 1. The number of nitrogens with one attached hydrogen (secondary N) is 1. The highest BCUT2D eigenvalue weighted by Gasteiger charge is 2.27. The molecule has 0 bridgehead atoms. The van der Waals surface area contributed by atoms with Gasteiger partial charge in [0.15, 0.2) is 0 Å². The van der Waals surface area contributed by atoms with E-state index in [9.17, 15) is 9.90 Å². The zero-order valence-electron chi connectivity index (χ0n) is 10.9. The Morgan fingerprint density at radius 1 is 1.44 bits per heavy atom. The van der Waals surface area contributed by atoms with Crippen LogP contribution in [0.25, 0.3) is 0 Å². The minimum absolute atomic E-state index is 0.0310. The Bertz CT molecular complexity index is 445. The molecule has 1 aromatic carbocycles.